The van der Waals surface area contributed by atoms with Gasteiger partial charge in [0.15, 0.2) is 0 Å². The van der Waals surface area contributed by atoms with Gasteiger partial charge in [-0.2, -0.15) is 13.2 Å². The van der Waals surface area contributed by atoms with E-state index in [0.29, 0.717) is 10.7 Å². The van der Waals surface area contributed by atoms with Gasteiger partial charge in [-0.05, 0) is 46.9 Å². The van der Waals surface area contributed by atoms with E-state index in [2.05, 4.69) is 32.9 Å². The second-order valence-electron chi connectivity index (χ2n) is 3.90. The Morgan fingerprint density at radius 2 is 1.90 bits per heavy atom. The van der Waals surface area contributed by atoms with Crippen LogP contribution in [-0.4, -0.2) is 4.98 Å². The predicted octanol–water partition coefficient (Wildman–Crippen LogP) is 4.68. The number of nitrogens with one attached hydrogen (secondary N) is 1. The van der Waals surface area contributed by atoms with Crippen LogP contribution in [0.4, 0.5) is 30.2 Å². The second kappa shape index (κ2) is 5.65. The van der Waals surface area contributed by atoms with E-state index in [9.17, 15) is 13.2 Å². The molecule has 2 aromatic rings. The minimum atomic E-state index is -4.53. The smallest absolute Gasteiger partial charge is 0.396 e. The average molecular weight is 414 g/mol. The summed E-state index contributed by atoms with van der Waals surface area (Å²) in [6.45, 7) is 0. The van der Waals surface area contributed by atoms with Crippen LogP contribution in [0.25, 0.3) is 0 Å². The number of pyridine rings is 1. The Morgan fingerprint density at radius 1 is 1.20 bits per heavy atom. The lowest BCUT2D eigenvalue weighted by Gasteiger charge is -2.13. The molecule has 20 heavy (non-hydrogen) atoms. The SMILES string of the molecule is Nc1cnc(C(F)(F)F)cc1Nc1ccc(I)cc1Cl. The van der Waals surface area contributed by atoms with E-state index in [1.54, 1.807) is 18.2 Å². The molecule has 1 heterocycles. The first-order chi connectivity index (χ1) is 9.27. The van der Waals surface area contributed by atoms with Crippen molar-refractivity contribution in [2.45, 2.75) is 6.18 Å². The quantitative estimate of drug-likeness (QED) is 0.703. The number of hydrogen-bond acceptors (Lipinski definition) is 3. The first kappa shape index (κ1) is 15.2. The van der Waals surface area contributed by atoms with Gasteiger partial charge in [0.1, 0.15) is 5.69 Å². The van der Waals surface area contributed by atoms with Crippen LogP contribution < -0.4 is 11.1 Å². The Balaban J connectivity index is 2.38. The molecule has 0 aliphatic heterocycles. The Bertz CT molecular complexity index is 646. The minimum Gasteiger partial charge on any atom is -0.396 e. The zero-order valence-electron chi connectivity index (χ0n) is 9.80. The molecule has 0 fully saturated rings. The number of aromatic nitrogens is 1. The number of nitrogens with two attached hydrogens (primary N) is 1. The molecule has 3 N–H and O–H groups in total. The third-order valence-electron chi connectivity index (χ3n) is 2.43. The summed E-state index contributed by atoms with van der Waals surface area (Å²) in [6, 6.07) is 5.98. The maximum absolute atomic E-state index is 12.6. The van der Waals surface area contributed by atoms with Crippen molar-refractivity contribution in [1.82, 2.24) is 4.98 Å². The molecule has 1 aromatic carbocycles. The largest absolute Gasteiger partial charge is 0.433 e. The number of anilines is 3. The van der Waals surface area contributed by atoms with Crippen molar-refractivity contribution in [1.29, 1.82) is 0 Å². The van der Waals surface area contributed by atoms with Crippen molar-refractivity contribution >= 4 is 51.3 Å². The van der Waals surface area contributed by atoms with Gasteiger partial charge in [0.05, 0.1) is 28.3 Å². The standard InChI is InChI=1S/C12H8ClF3IN3/c13-7-3-6(17)1-2-9(7)20-10-4-11(12(14,15)16)19-5-8(10)18/h1-5H,18H2,(H,19,20). The van der Waals surface area contributed by atoms with Crippen LogP contribution in [0.15, 0.2) is 30.5 Å². The fourth-order valence-corrected chi connectivity index (χ4v) is 2.37. The third kappa shape index (κ3) is 3.45. The van der Waals surface area contributed by atoms with E-state index in [1.807, 2.05) is 0 Å². The molecule has 0 unspecified atom stereocenters. The van der Waals surface area contributed by atoms with E-state index >= 15 is 0 Å². The zero-order chi connectivity index (χ0) is 14.9. The first-order valence-electron chi connectivity index (χ1n) is 5.32. The van der Waals surface area contributed by atoms with Crippen LogP contribution in [0.5, 0.6) is 0 Å². The van der Waals surface area contributed by atoms with Gasteiger partial charge >= 0.3 is 6.18 Å². The summed E-state index contributed by atoms with van der Waals surface area (Å²) in [6.07, 6.45) is -3.56. The highest BCUT2D eigenvalue weighted by Gasteiger charge is 2.33. The summed E-state index contributed by atoms with van der Waals surface area (Å²) in [5.41, 5.74) is 5.29. The molecule has 0 radical (unpaired) electrons. The first-order valence-corrected chi connectivity index (χ1v) is 6.78. The third-order valence-corrected chi connectivity index (χ3v) is 3.41. The van der Waals surface area contributed by atoms with E-state index in [4.69, 9.17) is 17.3 Å². The van der Waals surface area contributed by atoms with Gasteiger partial charge in [-0.25, -0.2) is 4.98 Å². The number of hydrogen-bond donors (Lipinski definition) is 2. The van der Waals surface area contributed by atoms with Crippen molar-refractivity contribution in [3.05, 3.63) is 44.7 Å². The molecule has 0 amide bonds. The highest BCUT2D eigenvalue weighted by molar-refractivity contribution is 14.1. The Labute approximate surface area is 131 Å². The van der Waals surface area contributed by atoms with Crippen LogP contribution in [0, 0.1) is 3.57 Å². The molecule has 0 aliphatic rings. The van der Waals surface area contributed by atoms with Gasteiger partial charge in [0.25, 0.3) is 0 Å². The van der Waals surface area contributed by atoms with Crippen LogP contribution >= 0.6 is 34.2 Å². The highest BCUT2D eigenvalue weighted by Crippen LogP contribution is 2.34. The summed E-state index contributed by atoms with van der Waals surface area (Å²) in [5.74, 6) is 0. The monoisotopic (exact) mass is 413 g/mol. The Kier molecular flexibility index (Phi) is 4.28. The highest BCUT2D eigenvalue weighted by atomic mass is 127. The number of nitrogen functional groups attached to an aromatic ring is 1. The molecule has 0 atom stereocenters. The molecule has 0 saturated heterocycles. The van der Waals surface area contributed by atoms with Gasteiger partial charge in [-0.1, -0.05) is 11.6 Å². The van der Waals surface area contributed by atoms with Crippen LogP contribution in [0.2, 0.25) is 5.02 Å². The molecular weight excluding hydrogens is 406 g/mol. The predicted molar refractivity (Wildman–Crippen MR) is 81.1 cm³/mol. The van der Waals surface area contributed by atoms with Crippen molar-refractivity contribution in [3.8, 4) is 0 Å². The van der Waals surface area contributed by atoms with Gasteiger partial charge < -0.3 is 11.1 Å². The van der Waals surface area contributed by atoms with E-state index in [1.165, 1.54) is 0 Å². The lowest BCUT2D eigenvalue weighted by Crippen LogP contribution is -2.09. The van der Waals surface area contributed by atoms with Gasteiger partial charge in [0.2, 0.25) is 0 Å². The Morgan fingerprint density at radius 3 is 2.50 bits per heavy atom. The minimum absolute atomic E-state index is 0.104. The summed E-state index contributed by atoms with van der Waals surface area (Å²) >= 11 is 8.10. The van der Waals surface area contributed by atoms with Crippen molar-refractivity contribution in [2.24, 2.45) is 0 Å². The van der Waals surface area contributed by atoms with Gasteiger partial charge in [0, 0.05) is 3.57 Å². The molecule has 106 valence electrons. The van der Waals surface area contributed by atoms with E-state index in [-0.39, 0.29) is 11.4 Å². The topological polar surface area (TPSA) is 50.9 Å². The Hall–Kier alpha value is -1.22. The van der Waals surface area contributed by atoms with Gasteiger partial charge in [-0.3, -0.25) is 0 Å². The maximum Gasteiger partial charge on any atom is 0.433 e. The summed E-state index contributed by atoms with van der Waals surface area (Å²) in [7, 11) is 0. The van der Waals surface area contributed by atoms with Crippen LogP contribution in [0.3, 0.4) is 0 Å². The van der Waals surface area contributed by atoms with E-state index in [0.717, 1.165) is 15.8 Å². The second-order valence-corrected chi connectivity index (χ2v) is 5.56. The molecule has 2 rings (SSSR count). The normalized spacial score (nSPS) is 11.4. The molecule has 3 nitrogen and oxygen atoms in total. The fraction of sp³-hybridized carbons (Fsp3) is 0.0833. The van der Waals surface area contributed by atoms with Gasteiger partial charge in [-0.15, -0.1) is 0 Å². The maximum atomic E-state index is 12.6. The molecular formula is C12H8ClF3IN3. The lowest BCUT2D eigenvalue weighted by molar-refractivity contribution is -0.141. The summed E-state index contributed by atoms with van der Waals surface area (Å²) < 4.78 is 38.8. The van der Waals surface area contributed by atoms with Crippen LogP contribution in [0.1, 0.15) is 5.69 Å². The molecule has 1 aromatic heterocycles. The van der Waals surface area contributed by atoms with Crippen molar-refractivity contribution in [2.75, 3.05) is 11.1 Å². The molecule has 0 spiro atoms. The number of nitrogens with zero attached hydrogens (tertiary/aromatic N) is 1. The molecule has 8 heteroatoms. The van der Waals surface area contributed by atoms with Crippen LogP contribution in [-0.2, 0) is 6.18 Å². The summed E-state index contributed by atoms with van der Waals surface area (Å²) in [4.78, 5) is 3.26. The fourth-order valence-electron chi connectivity index (χ4n) is 1.47. The van der Waals surface area contributed by atoms with E-state index < -0.39 is 11.9 Å². The lowest BCUT2D eigenvalue weighted by atomic mass is 10.2. The average Bonchev–Trinajstić information content (AvgIpc) is 2.33. The van der Waals surface area contributed by atoms with Crippen molar-refractivity contribution in [3.63, 3.8) is 0 Å². The van der Waals surface area contributed by atoms with Crippen molar-refractivity contribution < 1.29 is 13.2 Å². The number of halogens is 5. The number of rotatable bonds is 2. The number of benzene rings is 1. The zero-order valence-corrected chi connectivity index (χ0v) is 12.7. The molecule has 0 saturated carbocycles. The molecule has 0 bridgehead atoms. The summed E-state index contributed by atoms with van der Waals surface area (Å²) in [5, 5.41) is 3.17. The number of alkyl halides is 3. The molecule has 0 aliphatic carbocycles.